The minimum Gasteiger partial charge on any atom is -0.405 e. The molecule has 0 aliphatic heterocycles. The number of rotatable bonds is 6. The normalized spacial score (nSPS) is 11.1. The first kappa shape index (κ1) is 16.6. The van der Waals surface area contributed by atoms with Crippen LogP contribution >= 0.6 is 15.9 Å². The summed E-state index contributed by atoms with van der Waals surface area (Å²) in [5.74, 6) is -0.352. The molecule has 0 aliphatic rings. The largest absolute Gasteiger partial charge is 0.573 e. The Morgan fingerprint density at radius 1 is 1.40 bits per heavy atom. The Kier molecular flexibility index (Phi) is 6.12. The van der Waals surface area contributed by atoms with Gasteiger partial charge in [-0.2, -0.15) is 0 Å². The van der Waals surface area contributed by atoms with Crippen LogP contribution < -0.4 is 15.4 Å². The standard InChI is InChI=1S/C12H14BrF3N2O2/c1-17-11(19)3-2-6-18-8-4-5-10(9(13)7-8)20-12(14,15)16/h4-5,7,18H,2-3,6H2,1H3,(H,17,19). The maximum Gasteiger partial charge on any atom is 0.573 e. The fourth-order valence-corrected chi connectivity index (χ4v) is 1.88. The molecule has 0 heterocycles. The molecule has 1 aromatic carbocycles. The van der Waals surface area contributed by atoms with Gasteiger partial charge in [0.05, 0.1) is 4.47 Å². The van der Waals surface area contributed by atoms with Crippen LogP contribution in [0.25, 0.3) is 0 Å². The molecule has 0 spiro atoms. The summed E-state index contributed by atoms with van der Waals surface area (Å²) in [5.41, 5.74) is 0.642. The van der Waals surface area contributed by atoms with E-state index in [-0.39, 0.29) is 16.1 Å². The van der Waals surface area contributed by atoms with Gasteiger partial charge in [-0.25, -0.2) is 0 Å². The molecule has 20 heavy (non-hydrogen) atoms. The summed E-state index contributed by atoms with van der Waals surface area (Å²) >= 11 is 3.01. The van der Waals surface area contributed by atoms with E-state index in [9.17, 15) is 18.0 Å². The molecule has 2 N–H and O–H groups in total. The van der Waals surface area contributed by atoms with E-state index in [4.69, 9.17) is 0 Å². The van der Waals surface area contributed by atoms with Gasteiger partial charge in [-0.15, -0.1) is 13.2 Å². The van der Waals surface area contributed by atoms with Crippen molar-refractivity contribution >= 4 is 27.5 Å². The lowest BCUT2D eigenvalue weighted by molar-refractivity contribution is -0.274. The van der Waals surface area contributed by atoms with Crippen molar-refractivity contribution in [3.05, 3.63) is 22.7 Å². The number of hydrogen-bond acceptors (Lipinski definition) is 3. The second-order valence-corrected chi connectivity index (χ2v) is 4.75. The SMILES string of the molecule is CNC(=O)CCCNc1ccc(OC(F)(F)F)c(Br)c1. The smallest absolute Gasteiger partial charge is 0.405 e. The molecule has 0 bridgehead atoms. The molecule has 0 aromatic heterocycles. The maximum atomic E-state index is 12.1. The molecular weight excluding hydrogens is 341 g/mol. The molecule has 0 radical (unpaired) electrons. The predicted molar refractivity (Wildman–Crippen MR) is 72.6 cm³/mol. The van der Waals surface area contributed by atoms with E-state index < -0.39 is 6.36 Å². The monoisotopic (exact) mass is 354 g/mol. The van der Waals surface area contributed by atoms with Crippen molar-refractivity contribution < 1.29 is 22.7 Å². The van der Waals surface area contributed by atoms with Crippen LogP contribution in [0.15, 0.2) is 22.7 Å². The number of hydrogen-bond donors (Lipinski definition) is 2. The number of carbonyl (C=O) groups excluding carboxylic acids is 1. The number of halogens is 4. The van der Waals surface area contributed by atoms with Gasteiger partial charge in [-0.1, -0.05) is 0 Å². The van der Waals surface area contributed by atoms with Crippen molar-refractivity contribution in [2.75, 3.05) is 18.9 Å². The molecular formula is C12H14BrF3N2O2. The lowest BCUT2D eigenvalue weighted by Gasteiger charge is -2.12. The van der Waals surface area contributed by atoms with Crippen molar-refractivity contribution in [2.24, 2.45) is 0 Å². The molecule has 112 valence electrons. The van der Waals surface area contributed by atoms with E-state index in [0.717, 1.165) is 0 Å². The Labute approximate surface area is 122 Å². The Hall–Kier alpha value is -1.44. The number of alkyl halides is 3. The highest BCUT2D eigenvalue weighted by Crippen LogP contribution is 2.32. The summed E-state index contributed by atoms with van der Waals surface area (Å²) in [6.07, 6.45) is -3.71. The van der Waals surface area contributed by atoms with Crippen molar-refractivity contribution in [1.29, 1.82) is 0 Å². The van der Waals surface area contributed by atoms with E-state index in [1.165, 1.54) is 18.2 Å². The fraction of sp³-hybridized carbons (Fsp3) is 0.417. The first-order valence-electron chi connectivity index (χ1n) is 5.81. The molecule has 1 amide bonds. The molecule has 1 aromatic rings. The quantitative estimate of drug-likeness (QED) is 0.770. The Morgan fingerprint density at radius 3 is 2.65 bits per heavy atom. The third-order valence-corrected chi connectivity index (χ3v) is 2.97. The van der Waals surface area contributed by atoms with E-state index in [1.807, 2.05) is 0 Å². The van der Waals surface area contributed by atoms with Crippen molar-refractivity contribution in [3.63, 3.8) is 0 Å². The van der Waals surface area contributed by atoms with Gasteiger partial charge in [0, 0.05) is 25.7 Å². The highest BCUT2D eigenvalue weighted by atomic mass is 79.9. The zero-order chi connectivity index (χ0) is 15.2. The first-order chi connectivity index (χ1) is 9.31. The maximum absolute atomic E-state index is 12.1. The van der Waals surface area contributed by atoms with Crippen LogP contribution in [0.2, 0.25) is 0 Å². The van der Waals surface area contributed by atoms with Crippen LogP contribution in [0, 0.1) is 0 Å². The summed E-state index contributed by atoms with van der Waals surface area (Å²) < 4.78 is 40.3. The fourth-order valence-electron chi connectivity index (χ4n) is 1.42. The van der Waals surface area contributed by atoms with Crippen LogP contribution in [0.5, 0.6) is 5.75 Å². The van der Waals surface area contributed by atoms with Crippen molar-refractivity contribution in [1.82, 2.24) is 5.32 Å². The van der Waals surface area contributed by atoms with Crippen molar-refractivity contribution in [3.8, 4) is 5.75 Å². The van der Waals surface area contributed by atoms with Gasteiger partial charge in [0.1, 0.15) is 5.75 Å². The molecule has 0 aliphatic carbocycles. The second-order valence-electron chi connectivity index (χ2n) is 3.90. The average Bonchev–Trinajstić information content (AvgIpc) is 2.36. The van der Waals surface area contributed by atoms with E-state index in [0.29, 0.717) is 25.1 Å². The van der Waals surface area contributed by atoms with E-state index >= 15 is 0 Å². The molecule has 1 rings (SSSR count). The van der Waals surface area contributed by atoms with Crippen LogP contribution in [0.3, 0.4) is 0 Å². The molecule has 8 heteroatoms. The highest BCUT2D eigenvalue weighted by molar-refractivity contribution is 9.10. The molecule has 0 saturated carbocycles. The van der Waals surface area contributed by atoms with Crippen LogP contribution in [0.1, 0.15) is 12.8 Å². The molecule has 0 unspecified atom stereocenters. The summed E-state index contributed by atoms with van der Waals surface area (Å²) in [6, 6.07) is 4.19. The van der Waals surface area contributed by atoms with Gasteiger partial charge < -0.3 is 15.4 Å². The van der Waals surface area contributed by atoms with Crippen LogP contribution in [-0.2, 0) is 4.79 Å². The second kappa shape index (κ2) is 7.37. The van der Waals surface area contributed by atoms with E-state index in [2.05, 4.69) is 31.3 Å². The third kappa shape index (κ3) is 6.14. The van der Waals surface area contributed by atoms with Gasteiger partial charge >= 0.3 is 6.36 Å². The number of anilines is 1. The Balaban J connectivity index is 2.49. The van der Waals surface area contributed by atoms with E-state index in [1.54, 1.807) is 7.05 Å². The molecule has 4 nitrogen and oxygen atoms in total. The minimum atomic E-state index is -4.72. The number of amides is 1. The summed E-state index contributed by atoms with van der Waals surface area (Å²) in [4.78, 5) is 11.0. The van der Waals surface area contributed by atoms with Crippen LogP contribution in [-0.4, -0.2) is 25.9 Å². The van der Waals surface area contributed by atoms with Gasteiger partial charge in [-0.05, 0) is 40.5 Å². The number of benzene rings is 1. The predicted octanol–water partition coefficient (Wildman–Crippen LogP) is 3.29. The average molecular weight is 355 g/mol. The zero-order valence-corrected chi connectivity index (χ0v) is 12.3. The summed E-state index contributed by atoms with van der Waals surface area (Å²) in [7, 11) is 1.56. The topological polar surface area (TPSA) is 50.4 Å². The number of carbonyl (C=O) groups is 1. The molecule has 0 atom stereocenters. The summed E-state index contributed by atoms with van der Waals surface area (Å²) in [5, 5.41) is 5.51. The highest BCUT2D eigenvalue weighted by Gasteiger charge is 2.31. The van der Waals surface area contributed by atoms with Gasteiger partial charge in [0.25, 0.3) is 0 Å². The molecule has 0 fully saturated rings. The molecule has 0 saturated heterocycles. The lowest BCUT2D eigenvalue weighted by atomic mass is 10.2. The van der Waals surface area contributed by atoms with Gasteiger partial charge in [0.2, 0.25) is 5.91 Å². The number of ether oxygens (including phenoxy) is 1. The zero-order valence-electron chi connectivity index (χ0n) is 10.7. The third-order valence-electron chi connectivity index (χ3n) is 2.35. The van der Waals surface area contributed by atoms with Crippen LogP contribution in [0.4, 0.5) is 18.9 Å². The lowest BCUT2D eigenvalue weighted by Crippen LogP contribution is -2.18. The summed E-state index contributed by atoms with van der Waals surface area (Å²) in [6.45, 7) is 0.541. The van der Waals surface area contributed by atoms with Crippen molar-refractivity contribution in [2.45, 2.75) is 19.2 Å². The van der Waals surface area contributed by atoms with Gasteiger partial charge in [-0.3, -0.25) is 4.79 Å². The number of nitrogens with one attached hydrogen (secondary N) is 2. The minimum absolute atomic E-state index is 0.0538. The first-order valence-corrected chi connectivity index (χ1v) is 6.61. The van der Waals surface area contributed by atoms with Gasteiger partial charge in [0.15, 0.2) is 0 Å². The Morgan fingerprint density at radius 2 is 2.10 bits per heavy atom. The Bertz CT molecular complexity index is 467.